The topological polar surface area (TPSA) is 86.9 Å². The lowest BCUT2D eigenvalue weighted by atomic mass is 10.0. The summed E-state index contributed by atoms with van der Waals surface area (Å²) in [7, 11) is -5.45. The molecule has 49 heavy (non-hydrogen) atoms. The van der Waals surface area contributed by atoms with Crippen LogP contribution in [0.3, 0.4) is 0 Å². The predicted octanol–water partition coefficient (Wildman–Crippen LogP) is 6.56. The SMILES string of the molecule is CCO[Si](CCCN(CCC[Si](OCC)(OCC)OCC)c1ccc(Cc2ccc(N(CC3CO3)CC3CO3)cc2)cc1)(OCC)OCC. The molecule has 10 nitrogen and oxygen atoms in total. The van der Waals surface area contributed by atoms with E-state index in [1.54, 1.807) is 0 Å². The summed E-state index contributed by atoms with van der Waals surface area (Å²) in [4.78, 5) is 4.86. The van der Waals surface area contributed by atoms with Crippen molar-refractivity contribution in [3.8, 4) is 0 Å². The molecule has 2 heterocycles. The van der Waals surface area contributed by atoms with Gasteiger partial charge in [-0.15, -0.1) is 0 Å². The lowest BCUT2D eigenvalue weighted by Crippen LogP contribution is -2.47. The van der Waals surface area contributed by atoms with E-state index in [1.165, 1.54) is 22.5 Å². The molecule has 2 aliphatic heterocycles. The van der Waals surface area contributed by atoms with Gasteiger partial charge >= 0.3 is 17.6 Å². The molecular formula is C37H62N2O8Si2. The van der Waals surface area contributed by atoms with Crippen molar-refractivity contribution in [1.29, 1.82) is 0 Å². The number of hydrogen-bond donors (Lipinski definition) is 0. The molecule has 0 saturated carbocycles. The van der Waals surface area contributed by atoms with Gasteiger partial charge in [0.2, 0.25) is 0 Å². The molecule has 0 spiro atoms. The minimum absolute atomic E-state index is 0.351. The summed E-state index contributed by atoms with van der Waals surface area (Å²) in [5.41, 5.74) is 5.02. The molecule has 12 heteroatoms. The van der Waals surface area contributed by atoms with Gasteiger partial charge in [0.1, 0.15) is 0 Å². The molecule has 2 aromatic rings. The average Bonchev–Trinajstić information content (AvgIpc) is 4.03. The first-order valence-electron chi connectivity index (χ1n) is 18.7. The number of hydrogen-bond acceptors (Lipinski definition) is 10. The number of rotatable bonds is 28. The maximum absolute atomic E-state index is 6.15. The summed E-state index contributed by atoms with van der Waals surface area (Å²) in [5.74, 6) is 0. The molecule has 0 radical (unpaired) electrons. The summed E-state index contributed by atoms with van der Waals surface area (Å²) < 4.78 is 47.9. The number of benzene rings is 2. The van der Waals surface area contributed by atoms with Crippen molar-refractivity contribution in [1.82, 2.24) is 0 Å². The smallest absolute Gasteiger partial charge is 0.374 e. The van der Waals surface area contributed by atoms with Crippen LogP contribution in [0.25, 0.3) is 0 Å². The van der Waals surface area contributed by atoms with E-state index in [-0.39, 0.29) is 0 Å². The van der Waals surface area contributed by atoms with Crippen molar-refractivity contribution in [3.05, 3.63) is 59.7 Å². The molecule has 0 aromatic heterocycles. The third-order valence-electron chi connectivity index (χ3n) is 8.67. The van der Waals surface area contributed by atoms with Crippen molar-refractivity contribution in [2.75, 3.05) is 88.8 Å². The van der Waals surface area contributed by atoms with Crippen LogP contribution in [0.2, 0.25) is 12.1 Å². The molecule has 2 saturated heterocycles. The van der Waals surface area contributed by atoms with Gasteiger partial charge in [0, 0.05) is 89.3 Å². The molecule has 0 aliphatic carbocycles. The first-order valence-corrected chi connectivity index (χ1v) is 22.5. The van der Waals surface area contributed by atoms with Gasteiger partial charge in [-0.1, -0.05) is 24.3 Å². The molecule has 0 N–H and O–H groups in total. The predicted molar refractivity (Wildman–Crippen MR) is 200 cm³/mol. The number of ether oxygens (including phenoxy) is 2. The fourth-order valence-electron chi connectivity index (χ4n) is 6.35. The maximum atomic E-state index is 6.15. The van der Waals surface area contributed by atoms with E-state index < -0.39 is 17.6 Å². The quantitative estimate of drug-likeness (QED) is 0.0712. The highest BCUT2D eigenvalue weighted by Crippen LogP contribution is 2.26. The Morgan fingerprint density at radius 1 is 0.531 bits per heavy atom. The Morgan fingerprint density at radius 2 is 0.857 bits per heavy atom. The molecule has 276 valence electrons. The third kappa shape index (κ3) is 13.3. The van der Waals surface area contributed by atoms with Crippen LogP contribution < -0.4 is 9.80 Å². The van der Waals surface area contributed by atoms with Gasteiger partial charge in [0.25, 0.3) is 0 Å². The Morgan fingerprint density at radius 3 is 1.16 bits per heavy atom. The van der Waals surface area contributed by atoms with E-state index in [0.717, 1.165) is 70.7 Å². The summed E-state index contributed by atoms with van der Waals surface area (Å²) in [6.45, 7) is 20.9. The Bertz CT molecular complexity index is 1100. The fraction of sp³-hybridized carbons (Fsp3) is 0.676. The first-order chi connectivity index (χ1) is 23.9. The van der Waals surface area contributed by atoms with Crippen LogP contribution in [-0.2, 0) is 42.5 Å². The Hall–Kier alpha value is -1.85. The van der Waals surface area contributed by atoms with Gasteiger partial charge in [-0.2, -0.15) is 0 Å². The van der Waals surface area contributed by atoms with Crippen molar-refractivity contribution < 1.29 is 36.0 Å². The largest absolute Gasteiger partial charge is 0.500 e. The van der Waals surface area contributed by atoms with E-state index in [1.807, 2.05) is 41.5 Å². The van der Waals surface area contributed by atoms with E-state index in [9.17, 15) is 0 Å². The summed E-state index contributed by atoms with van der Waals surface area (Å²) in [6, 6.07) is 19.6. The standard InChI is InChI=1S/C37H62N2O8Si2/c1-7-42-48(43-8-2,44-9-3)25-13-23-38(24-14-26-49(45-10-4,46-11-5)47-12-6)34-19-15-32(16-20-34)27-33-17-21-35(22-18-33)39(28-36-30-40-36)29-37-31-41-37/h15-22,36-37H,7-14,23-31H2,1-6H3. The van der Waals surface area contributed by atoms with Crippen LogP contribution >= 0.6 is 0 Å². The van der Waals surface area contributed by atoms with Crippen LogP contribution in [0.15, 0.2) is 48.5 Å². The van der Waals surface area contributed by atoms with Crippen molar-refractivity contribution in [3.63, 3.8) is 0 Å². The van der Waals surface area contributed by atoms with Gasteiger partial charge < -0.3 is 45.8 Å². The summed E-state index contributed by atoms with van der Waals surface area (Å²) >= 11 is 0. The summed E-state index contributed by atoms with van der Waals surface area (Å²) in [5, 5.41) is 0. The van der Waals surface area contributed by atoms with E-state index in [0.29, 0.717) is 51.8 Å². The van der Waals surface area contributed by atoms with Gasteiger partial charge in [-0.25, -0.2) is 0 Å². The first kappa shape index (κ1) is 39.9. The van der Waals surface area contributed by atoms with Crippen molar-refractivity contribution in [2.45, 2.75) is 85.1 Å². The Kier molecular flexibility index (Phi) is 17.0. The molecule has 2 aromatic carbocycles. The highest BCUT2D eigenvalue weighted by Gasteiger charge is 2.41. The zero-order valence-corrected chi connectivity index (χ0v) is 33.0. The minimum atomic E-state index is -2.73. The lowest BCUT2D eigenvalue weighted by molar-refractivity contribution is 0.0705. The van der Waals surface area contributed by atoms with Crippen molar-refractivity contribution >= 4 is 29.0 Å². The minimum Gasteiger partial charge on any atom is -0.374 e. The second-order valence-corrected chi connectivity index (χ2v) is 17.9. The Labute approximate surface area is 298 Å². The van der Waals surface area contributed by atoms with Gasteiger partial charge in [0.05, 0.1) is 25.4 Å². The van der Waals surface area contributed by atoms with Gasteiger partial charge in [0.15, 0.2) is 0 Å². The number of nitrogens with zero attached hydrogens (tertiary/aromatic N) is 2. The zero-order chi connectivity index (χ0) is 35.0. The van der Waals surface area contributed by atoms with E-state index >= 15 is 0 Å². The number of anilines is 2. The maximum Gasteiger partial charge on any atom is 0.500 e. The Balaban J connectivity index is 1.42. The van der Waals surface area contributed by atoms with Gasteiger partial charge in [-0.3, -0.25) is 0 Å². The monoisotopic (exact) mass is 718 g/mol. The lowest BCUT2D eigenvalue weighted by Gasteiger charge is -2.32. The molecule has 2 atom stereocenters. The molecule has 0 amide bonds. The molecule has 0 bridgehead atoms. The third-order valence-corrected chi connectivity index (χ3v) is 15.0. The van der Waals surface area contributed by atoms with Crippen LogP contribution in [-0.4, -0.2) is 109 Å². The van der Waals surface area contributed by atoms with Gasteiger partial charge in [-0.05, 0) is 96.2 Å². The van der Waals surface area contributed by atoms with Crippen LogP contribution in [0, 0.1) is 0 Å². The molecular weight excluding hydrogens is 657 g/mol. The summed E-state index contributed by atoms with van der Waals surface area (Å²) in [6.07, 6.45) is 3.39. The van der Waals surface area contributed by atoms with Crippen LogP contribution in [0.4, 0.5) is 11.4 Å². The average molecular weight is 719 g/mol. The van der Waals surface area contributed by atoms with Crippen molar-refractivity contribution in [2.24, 2.45) is 0 Å². The van der Waals surface area contributed by atoms with E-state index in [4.69, 9.17) is 36.0 Å². The fourth-order valence-corrected chi connectivity index (χ4v) is 11.5. The van der Waals surface area contributed by atoms with E-state index in [2.05, 4.69) is 58.3 Å². The van der Waals surface area contributed by atoms with Crippen LogP contribution in [0.5, 0.6) is 0 Å². The highest BCUT2D eigenvalue weighted by atomic mass is 28.4. The second kappa shape index (κ2) is 20.9. The molecule has 2 unspecified atom stereocenters. The second-order valence-electron chi connectivity index (χ2n) is 12.5. The highest BCUT2D eigenvalue weighted by molar-refractivity contribution is 6.61. The number of epoxide rings is 2. The zero-order valence-electron chi connectivity index (χ0n) is 31.0. The molecule has 4 rings (SSSR count). The molecule has 2 fully saturated rings. The normalized spacial score (nSPS) is 17.3. The molecule has 2 aliphatic rings. The van der Waals surface area contributed by atoms with Crippen LogP contribution in [0.1, 0.15) is 65.5 Å².